The van der Waals surface area contributed by atoms with Crippen molar-refractivity contribution >= 4 is 28.9 Å². The maximum absolute atomic E-state index is 12.4. The number of benzene rings is 1. The Balaban J connectivity index is 2.14. The summed E-state index contributed by atoms with van der Waals surface area (Å²) in [6.07, 6.45) is 3.25. The Bertz CT molecular complexity index is 579. The van der Waals surface area contributed by atoms with Crippen molar-refractivity contribution in [3.8, 4) is 0 Å². The molecule has 3 N–H and O–H groups in total. The number of amides is 1. The third-order valence-electron chi connectivity index (χ3n) is 3.90. The first-order chi connectivity index (χ1) is 9.82. The van der Waals surface area contributed by atoms with Gasteiger partial charge in [0.25, 0.3) is 5.69 Å². The van der Waals surface area contributed by atoms with Crippen LogP contribution < -0.4 is 11.1 Å². The number of nitro benzene ring substituents is 1. The number of hydrogen-bond acceptors (Lipinski definition) is 4. The van der Waals surface area contributed by atoms with E-state index >= 15 is 0 Å². The summed E-state index contributed by atoms with van der Waals surface area (Å²) in [5.41, 5.74) is 5.53. The lowest BCUT2D eigenvalue weighted by molar-refractivity contribution is -0.384. The average molecular weight is 312 g/mol. The van der Waals surface area contributed by atoms with Crippen LogP contribution in [0.3, 0.4) is 0 Å². The molecule has 0 bridgehead atoms. The highest BCUT2D eigenvalue weighted by Crippen LogP contribution is 2.33. The van der Waals surface area contributed by atoms with Gasteiger partial charge in [-0.05, 0) is 24.8 Å². The molecule has 0 aromatic heterocycles. The van der Waals surface area contributed by atoms with Crippen LogP contribution >= 0.6 is 11.6 Å². The molecule has 0 radical (unpaired) electrons. The summed E-state index contributed by atoms with van der Waals surface area (Å²) < 4.78 is 0. The smallest absolute Gasteiger partial charge is 0.271 e. The minimum Gasteiger partial charge on any atom is -0.323 e. The molecule has 0 saturated heterocycles. The van der Waals surface area contributed by atoms with Crippen LogP contribution in [0.2, 0.25) is 5.02 Å². The normalized spacial score (nSPS) is 25.4. The van der Waals surface area contributed by atoms with Gasteiger partial charge in [0, 0.05) is 12.1 Å². The second-order valence-electron chi connectivity index (χ2n) is 5.73. The molecule has 21 heavy (non-hydrogen) atoms. The quantitative estimate of drug-likeness (QED) is 0.662. The summed E-state index contributed by atoms with van der Waals surface area (Å²) in [7, 11) is 0. The van der Waals surface area contributed by atoms with Crippen LogP contribution in [-0.2, 0) is 4.79 Å². The zero-order valence-electron chi connectivity index (χ0n) is 11.8. The van der Waals surface area contributed by atoms with Crippen LogP contribution in [-0.4, -0.2) is 16.4 Å². The molecule has 0 heterocycles. The van der Waals surface area contributed by atoms with Gasteiger partial charge in [0.2, 0.25) is 5.91 Å². The number of carbonyl (C=O) groups excluding carboxylic acids is 1. The van der Waals surface area contributed by atoms with Gasteiger partial charge in [-0.1, -0.05) is 31.4 Å². The Morgan fingerprint density at radius 2 is 2.29 bits per heavy atom. The lowest BCUT2D eigenvalue weighted by Crippen LogP contribution is -2.53. The van der Waals surface area contributed by atoms with Crippen LogP contribution in [0.15, 0.2) is 18.2 Å². The van der Waals surface area contributed by atoms with E-state index in [9.17, 15) is 14.9 Å². The number of nitrogens with zero attached hydrogens (tertiary/aromatic N) is 1. The van der Waals surface area contributed by atoms with Gasteiger partial charge in [0.15, 0.2) is 0 Å². The summed E-state index contributed by atoms with van der Waals surface area (Å²) >= 11 is 5.97. The van der Waals surface area contributed by atoms with Gasteiger partial charge in [-0.15, -0.1) is 0 Å². The highest BCUT2D eigenvalue weighted by atomic mass is 35.5. The van der Waals surface area contributed by atoms with E-state index in [2.05, 4.69) is 12.2 Å². The molecule has 1 aliphatic rings. The average Bonchev–Trinajstić information content (AvgIpc) is 2.40. The molecule has 6 nitrogen and oxygen atoms in total. The summed E-state index contributed by atoms with van der Waals surface area (Å²) in [5, 5.41) is 13.5. The second-order valence-corrected chi connectivity index (χ2v) is 6.14. The van der Waals surface area contributed by atoms with Gasteiger partial charge in [-0.25, -0.2) is 0 Å². The zero-order chi connectivity index (χ0) is 15.6. The van der Waals surface area contributed by atoms with Crippen molar-refractivity contribution in [2.75, 3.05) is 5.32 Å². The van der Waals surface area contributed by atoms with Crippen LogP contribution in [0, 0.1) is 16.0 Å². The lowest BCUT2D eigenvalue weighted by Gasteiger charge is -2.35. The highest BCUT2D eigenvalue weighted by Gasteiger charge is 2.38. The van der Waals surface area contributed by atoms with Crippen molar-refractivity contribution in [3.63, 3.8) is 0 Å². The van der Waals surface area contributed by atoms with E-state index in [-0.39, 0.29) is 16.6 Å². The summed E-state index contributed by atoms with van der Waals surface area (Å²) in [5.74, 6) is 0.117. The van der Waals surface area contributed by atoms with Gasteiger partial charge < -0.3 is 11.1 Å². The van der Waals surface area contributed by atoms with Crippen molar-refractivity contribution in [1.29, 1.82) is 0 Å². The first kappa shape index (κ1) is 15.7. The van der Waals surface area contributed by atoms with Gasteiger partial charge in [0.05, 0.1) is 21.2 Å². The van der Waals surface area contributed by atoms with Gasteiger partial charge in [-0.2, -0.15) is 0 Å². The Morgan fingerprint density at radius 1 is 1.57 bits per heavy atom. The number of anilines is 1. The largest absolute Gasteiger partial charge is 0.323 e. The maximum Gasteiger partial charge on any atom is 0.271 e. The molecule has 114 valence electrons. The Morgan fingerprint density at radius 3 is 2.86 bits per heavy atom. The zero-order valence-corrected chi connectivity index (χ0v) is 12.5. The summed E-state index contributed by atoms with van der Waals surface area (Å²) in [6.45, 7) is 2.08. The first-order valence-corrected chi connectivity index (χ1v) is 7.24. The van der Waals surface area contributed by atoms with Gasteiger partial charge in [-0.3, -0.25) is 14.9 Å². The molecule has 2 unspecified atom stereocenters. The second kappa shape index (κ2) is 5.99. The van der Waals surface area contributed by atoms with Crippen molar-refractivity contribution in [2.24, 2.45) is 11.7 Å². The Hall–Kier alpha value is -1.66. The third-order valence-corrected chi connectivity index (χ3v) is 4.21. The van der Waals surface area contributed by atoms with Crippen molar-refractivity contribution in [3.05, 3.63) is 33.3 Å². The molecule has 1 aliphatic carbocycles. The van der Waals surface area contributed by atoms with Gasteiger partial charge >= 0.3 is 0 Å². The molecule has 2 atom stereocenters. The predicted octanol–water partition coefficient (Wildman–Crippen LogP) is 3.09. The highest BCUT2D eigenvalue weighted by molar-refractivity contribution is 6.34. The molecule has 1 aromatic rings. The first-order valence-electron chi connectivity index (χ1n) is 6.86. The predicted molar refractivity (Wildman–Crippen MR) is 81.3 cm³/mol. The maximum atomic E-state index is 12.4. The van der Waals surface area contributed by atoms with E-state index in [1.807, 2.05) is 0 Å². The number of hydrogen-bond donors (Lipinski definition) is 2. The number of non-ortho nitro benzene ring substituents is 1. The lowest BCUT2D eigenvalue weighted by atomic mass is 9.76. The minimum atomic E-state index is -0.900. The molecule has 1 aromatic carbocycles. The van der Waals surface area contributed by atoms with E-state index in [0.29, 0.717) is 24.4 Å². The SMILES string of the molecule is CC1CCCC(N)(C(=O)Nc2ccc([N+](=O)[O-])cc2Cl)C1. The number of rotatable bonds is 3. The number of nitro groups is 1. The standard InChI is InChI=1S/C14H18ClN3O3/c1-9-3-2-6-14(16,8-9)13(19)17-12-5-4-10(18(20)21)7-11(12)15/h4-5,7,9H,2-3,6,8,16H2,1H3,(H,17,19). The molecule has 1 fully saturated rings. The van der Waals surface area contributed by atoms with Crippen LogP contribution in [0.4, 0.5) is 11.4 Å². The molecule has 0 aliphatic heterocycles. The fraction of sp³-hybridized carbons (Fsp3) is 0.500. The molecule has 1 amide bonds. The van der Waals surface area contributed by atoms with Crippen LogP contribution in [0.1, 0.15) is 32.6 Å². The van der Waals surface area contributed by atoms with Crippen LogP contribution in [0.25, 0.3) is 0 Å². The van der Waals surface area contributed by atoms with E-state index in [1.54, 1.807) is 0 Å². The number of halogens is 1. The Kier molecular flexibility index (Phi) is 4.49. The van der Waals surface area contributed by atoms with Crippen LogP contribution in [0.5, 0.6) is 0 Å². The summed E-state index contributed by atoms with van der Waals surface area (Å²) in [4.78, 5) is 22.5. The monoisotopic (exact) mass is 311 g/mol. The van der Waals surface area contributed by atoms with E-state index in [1.165, 1.54) is 18.2 Å². The van der Waals surface area contributed by atoms with E-state index in [0.717, 1.165) is 12.8 Å². The number of nitrogens with two attached hydrogens (primary N) is 1. The molecular formula is C14H18ClN3O3. The number of nitrogens with one attached hydrogen (secondary N) is 1. The number of carbonyl (C=O) groups is 1. The Labute approximate surface area is 127 Å². The third kappa shape index (κ3) is 3.51. The molecule has 0 spiro atoms. The van der Waals surface area contributed by atoms with Crippen molar-refractivity contribution < 1.29 is 9.72 Å². The van der Waals surface area contributed by atoms with Crippen molar-refractivity contribution in [2.45, 2.75) is 38.1 Å². The fourth-order valence-corrected chi connectivity index (χ4v) is 2.99. The topological polar surface area (TPSA) is 98.3 Å². The van der Waals surface area contributed by atoms with Gasteiger partial charge in [0.1, 0.15) is 0 Å². The molecule has 1 saturated carbocycles. The molecule has 2 rings (SSSR count). The minimum absolute atomic E-state index is 0.119. The van der Waals surface area contributed by atoms with Crippen molar-refractivity contribution in [1.82, 2.24) is 0 Å². The van der Waals surface area contributed by atoms with E-state index in [4.69, 9.17) is 17.3 Å². The van der Waals surface area contributed by atoms with E-state index < -0.39 is 10.5 Å². The summed E-state index contributed by atoms with van der Waals surface area (Å²) in [6, 6.07) is 3.94. The molecular weight excluding hydrogens is 294 g/mol. The molecule has 7 heteroatoms. The fourth-order valence-electron chi connectivity index (χ4n) is 2.76.